The normalized spacial score (nSPS) is 29.2. The van der Waals surface area contributed by atoms with Crippen LogP contribution in [0, 0.1) is 0 Å². The van der Waals surface area contributed by atoms with E-state index in [0.29, 0.717) is 12.1 Å². The van der Waals surface area contributed by atoms with Crippen LogP contribution in [0.4, 0.5) is 11.4 Å². The first-order valence-electron chi connectivity index (χ1n) is 12.9. The van der Waals surface area contributed by atoms with Crippen molar-refractivity contribution < 1.29 is 9.05 Å². The number of unbranched alkanes of at least 4 members (excludes halogenated alkanes) is 1. The van der Waals surface area contributed by atoms with Crippen molar-refractivity contribution in [3.8, 4) is 0 Å². The van der Waals surface area contributed by atoms with Crippen LogP contribution in [0.1, 0.15) is 38.5 Å². The maximum atomic E-state index is 6.56. The molecule has 8 heteroatoms. The molecule has 0 aromatic heterocycles. The number of nitrogens with zero attached hydrogens (tertiary/aromatic N) is 4. The summed E-state index contributed by atoms with van der Waals surface area (Å²) < 4.78 is 23.4. The minimum absolute atomic E-state index is 0.664. The van der Waals surface area contributed by atoms with Crippen molar-refractivity contribution in [2.45, 2.75) is 50.6 Å². The summed E-state index contributed by atoms with van der Waals surface area (Å²) in [5, 5.41) is 0. The molecule has 4 aliphatic rings. The summed E-state index contributed by atoms with van der Waals surface area (Å²) in [6.07, 6.45) is 7.33. The second-order valence-electron chi connectivity index (χ2n) is 9.63. The molecule has 0 aliphatic carbocycles. The first-order valence-corrected chi connectivity index (χ1v) is 15.3. The Morgan fingerprint density at radius 1 is 0.647 bits per heavy atom. The van der Waals surface area contributed by atoms with E-state index in [4.69, 9.17) is 9.05 Å². The number of hydrogen-bond acceptors (Lipinski definition) is 6. The van der Waals surface area contributed by atoms with Crippen molar-refractivity contribution in [3.63, 3.8) is 0 Å². The van der Waals surface area contributed by atoms with Gasteiger partial charge in [-0.1, -0.05) is 36.4 Å². The summed E-state index contributed by atoms with van der Waals surface area (Å²) in [6, 6.07) is 23.0. The van der Waals surface area contributed by atoms with Gasteiger partial charge in [0.2, 0.25) is 16.9 Å². The van der Waals surface area contributed by atoms with Gasteiger partial charge in [0.05, 0.1) is 13.2 Å². The zero-order valence-electron chi connectivity index (χ0n) is 19.9. The van der Waals surface area contributed by atoms with Crippen LogP contribution in [0.3, 0.4) is 0 Å². The number of benzene rings is 2. The number of rotatable bonds is 9. The fraction of sp³-hybridized carbons (Fsp3) is 0.538. The molecule has 2 aromatic carbocycles. The zero-order valence-corrected chi connectivity index (χ0v) is 21.7. The lowest BCUT2D eigenvalue weighted by atomic mass is 10.2. The molecule has 4 aliphatic heterocycles. The number of para-hydroxylation sites is 2. The second kappa shape index (κ2) is 10.8. The van der Waals surface area contributed by atoms with Crippen LogP contribution in [0.15, 0.2) is 60.7 Å². The quantitative estimate of drug-likeness (QED) is 0.301. The first-order chi connectivity index (χ1) is 16.9. The third kappa shape index (κ3) is 4.74. The van der Waals surface area contributed by atoms with E-state index < -0.39 is 16.9 Å². The number of hydrogen-bond donors (Lipinski definition) is 0. The molecule has 0 amide bonds. The smallest absolute Gasteiger partial charge is 0.218 e. The predicted molar refractivity (Wildman–Crippen MR) is 142 cm³/mol. The van der Waals surface area contributed by atoms with Gasteiger partial charge in [0, 0.05) is 49.6 Å². The largest absolute Gasteiger partial charge is 0.327 e. The van der Waals surface area contributed by atoms with Crippen molar-refractivity contribution in [1.29, 1.82) is 0 Å². The van der Waals surface area contributed by atoms with Gasteiger partial charge in [-0.15, -0.1) is 0 Å². The van der Waals surface area contributed by atoms with Crippen LogP contribution in [0.5, 0.6) is 0 Å². The van der Waals surface area contributed by atoms with Crippen LogP contribution >= 0.6 is 16.9 Å². The van der Waals surface area contributed by atoms with Crippen molar-refractivity contribution in [1.82, 2.24) is 9.34 Å². The predicted octanol–water partition coefficient (Wildman–Crippen LogP) is 6.22. The minimum atomic E-state index is -0.686. The average molecular weight is 499 g/mol. The molecule has 4 saturated heterocycles. The lowest BCUT2D eigenvalue weighted by molar-refractivity contribution is 0.270. The van der Waals surface area contributed by atoms with Crippen molar-refractivity contribution in [2.24, 2.45) is 0 Å². The van der Waals surface area contributed by atoms with Crippen molar-refractivity contribution in [2.75, 3.05) is 48.7 Å². The summed E-state index contributed by atoms with van der Waals surface area (Å²) in [5.74, 6) is 0. The highest BCUT2D eigenvalue weighted by atomic mass is 31.2. The molecule has 2 unspecified atom stereocenters. The van der Waals surface area contributed by atoms with Gasteiger partial charge in [0.15, 0.2) is 0 Å². The summed E-state index contributed by atoms with van der Waals surface area (Å²) >= 11 is 0. The third-order valence-corrected chi connectivity index (χ3v) is 11.7. The van der Waals surface area contributed by atoms with Crippen LogP contribution in [-0.2, 0) is 9.05 Å². The van der Waals surface area contributed by atoms with Crippen LogP contribution in [0.2, 0.25) is 0 Å². The van der Waals surface area contributed by atoms with E-state index in [2.05, 4.69) is 79.3 Å². The zero-order chi connectivity index (χ0) is 22.7. The SMILES string of the molecule is c1ccc(N2C[C@@H]3CCCN3P2OCCCCOP2N(c3ccccc3)C[C@@H]3CCCN32)cc1. The summed E-state index contributed by atoms with van der Waals surface area (Å²) in [6.45, 7) is 6.20. The average Bonchev–Trinajstić information content (AvgIpc) is 3.65. The van der Waals surface area contributed by atoms with Crippen molar-refractivity contribution >= 4 is 28.3 Å². The van der Waals surface area contributed by atoms with Crippen LogP contribution < -0.4 is 9.34 Å². The Morgan fingerprint density at radius 2 is 1.09 bits per heavy atom. The fourth-order valence-corrected chi connectivity index (χ4v) is 10.3. The summed E-state index contributed by atoms with van der Waals surface area (Å²) in [7, 11) is -1.37. The van der Waals surface area contributed by atoms with Gasteiger partial charge < -0.3 is 18.4 Å². The van der Waals surface area contributed by atoms with Gasteiger partial charge in [0.25, 0.3) is 0 Å². The van der Waals surface area contributed by atoms with Gasteiger partial charge in [-0.3, -0.25) is 0 Å². The highest BCUT2D eigenvalue weighted by Gasteiger charge is 2.45. The Morgan fingerprint density at radius 3 is 1.53 bits per heavy atom. The molecular formula is C26H36N4O2P2. The maximum absolute atomic E-state index is 6.56. The van der Waals surface area contributed by atoms with Gasteiger partial charge in [0.1, 0.15) is 0 Å². The molecule has 4 fully saturated rings. The topological polar surface area (TPSA) is 31.4 Å². The molecule has 4 atom stereocenters. The summed E-state index contributed by atoms with van der Waals surface area (Å²) in [4.78, 5) is 0. The fourth-order valence-electron chi connectivity index (χ4n) is 5.67. The number of anilines is 2. The molecule has 2 aromatic rings. The lowest BCUT2D eigenvalue weighted by Crippen LogP contribution is -2.20. The Hall–Kier alpha value is -1.26. The molecule has 0 radical (unpaired) electrons. The first kappa shape index (κ1) is 23.2. The monoisotopic (exact) mass is 498 g/mol. The van der Waals surface area contributed by atoms with Crippen LogP contribution in [-0.4, -0.2) is 60.8 Å². The van der Waals surface area contributed by atoms with Gasteiger partial charge in [-0.05, 0) is 62.8 Å². The lowest BCUT2D eigenvalue weighted by Gasteiger charge is -2.30. The molecule has 0 spiro atoms. The minimum Gasteiger partial charge on any atom is -0.327 e. The van der Waals surface area contributed by atoms with Gasteiger partial charge in [-0.2, -0.15) is 0 Å². The van der Waals surface area contributed by atoms with Gasteiger partial charge in [-0.25, -0.2) is 9.34 Å². The Balaban J connectivity index is 1.00. The second-order valence-corrected chi connectivity index (χ2v) is 13.2. The standard InChI is InChI=1S/C26H36N4O2P2/c1-3-11-23(12-4-1)29-21-25-15-9-17-27(25)33(29)31-19-7-8-20-32-34-28-18-10-16-26(28)22-30(34)24-13-5-2-6-14-24/h1-6,11-14,25-26H,7-10,15-22H2/t25-,26-,33?,34?/m0/s1. The molecule has 6 rings (SSSR count). The highest BCUT2D eigenvalue weighted by Crippen LogP contribution is 2.58. The molecular weight excluding hydrogens is 462 g/mol. The third-order valence-electron chi connectivity index (χ3n) is 7.37. The van der Waals surface area contributed by atoms with Crippen molar-refractivity contribution in [3.05, 3.63) is 60.7 Å². The molecule has 0 bridgehead atoms. The Kier molecular flexibility index (Phi) is 7.34. The molecule has 0 N–H and O–H groups in total. The van der Waals surface area contributed by atoms with E-state index in [9.17, 15) is 0 Å². The van der Waals surface area contributed by atoms with E-state index in [1.54, 1.807) is 0 Å². The molecule has 0 saturated carbocycles. The molecule has 182 valence electrons. The Labute approximate surface area is 206 Å². The van der Waals surface area contributed by atoms with E-state index in [1.165, 1.54) is 50.1 Å². The molecule has 6 nitrogen and oxygen atoms in total. The summed E-state index contributed by atoms with van der Waals surface area (Å²) in [5.41, 5.74) is 2.60. The van der Waals surface area contributed by atoms with E-state index in [-0.39, 0.29) is 0 Å². The Bertz CT molecular complexity index is 848. The van der Waals surface area contributed by atoms with E-state index >= 15 is 0 Å². The molecule has 34 heavy (non-hydrogen) atoms. The maximum Gasteiger partial charge on any atom is 0.218 e. The highest BCUT2D eigenvalue weighted by molar-refractivity contribution is 7.52. The van der Waals surface area contributed by atoms with E-state index in [1.807, 2.05) is 0 Å². The molecule has 4 heterocycles. The number of fused-ring (bicyclic) bond motifs is 2. The van der Waals surface area contributed by atoms with Crippen LogP contribution in [0.25, 0.3) is 0 Å². The van der Waals surface area contributed by atoms with E-state index in [0.717, 1.165) is 39.1 Å². The van der Waals surface area contributed by atoms with Gasteiger partial charge >= 0.3 is 0 Å².